The monoisotopic (exact) mass is 699 g/mol. The minimum absolute atomic E-state index is 0.552. The van der Waals surface area contributed by atoms with Crippen LogP contribution in [-0.4, -0.2) is 13.7 Å². The topological polar surface area (TPSA) is 62.4 Å². The molecule has 254 valence electrons. The van der Waals surface area contributed by atoms with Crippen molar-refractivity contribution in [2.45, 2.75) is 0 Å². The summed E-state index contributed by atoms with van der Waals surface area (Å²) in [5.41, 5.74) is 12.1. The molecule has 0 unspecified atom stereocenters. The molecule has 0 atom stereocenters. The second kappa shape index (κ2) is 11.8. The Balaban J connectivity index is 1.06. The maximum atomic E-state index is 10.7. The fourth-order valence-corrected chi connectivity index (χ4v) is 8.72. The molecule has 3 heterocycles. The molecule has 0 bridgehead atoms. The lowest BCUT2D eigenvalue weighted by atomic mass is 10.0. The van der Waals surface area contributed by atoms with E-state index >= 15 is 0 Å². The first-order chi connectivity index (χ1) is 27.2. The molecule has 0 spiro atoms. The van der Waals surface area contributed by atoms with Crippen LogP contribution in [0.25, 0.3) is 93.6 Å². The van der Waals surface area contributed by atoms with Gasteiger partial charge < -0.3 is 13.7 Å². The number of para-hydroxylation sites is 5. The van der Waals surface area contributed by atoms with E-state index in [1.54, 1.807) is 0 Å². The lowest BCUT2D eigenvalue weighted by Crippen LogP contribution is -2.01. The molecule has 0 amide bonds. The van der Waals surface area contributed by atoms with Crippen molar-refractivity contribution < 1.29 is 0 Å². The third-order valence-corrected chi connectivity index (χ3v) is 11.1. The first-order valence-corrected chi connectivity index (χ1v) is 18.3. The van der Waals surface area contributed by atoms with E-state index in [0.717, 1.165) is 71.8 Å². The number of hydrogen-bond donors (Lipinski definition) is 0. The molecular formula is C50H29N5. The van der Waals surface area contributed by atoms with Gasteiger partial charge in [-0.3, -0.25) is 0 Å². The molecular weight excluding hydrogens is 671 g/mol. The number of nitriles is 2. The summed E-state index contributed by atoms with van der Waals surface area (Å²) >= 11 is 0. The van der Waals surface area contributed by atoms with Crippen molar-refractivity contribution in [1.29, 1.82) is 10.5 Å². The summed E-state index contributed by atoms with van der Waals surface area (Å²) in [6.07, 6.45) is 0. The van der Waals surface area contributed by atoms with Crippen LogP contribution in [0.1, 0.15) is 11.1 Å². The van der Waals surface area contributed by atoms with E-state index in [9.17, 15) is 10.5 Å². The highest BCUT2D eigenvalue weighted by Crippen LogP contribution is 2.40. The van der Waals surface area contributed by atoms with Crippen LogP contribution in [0.15, 0.2) is 176 Å². The molecule has 0 radical (unpaired) electrons. The predicted molar refractivity (Wildman–Crippen MR) is 224 cm³/mol. The third-order valence-electron chi connectivity index (χ3n) is 11.1. The predicted octanol–water partition coefficient (Wildman–Crippen LogP) is 12.4. The molecule has 0 saturated heterocycles. The molecule has 11 aromatic rings. The molecule has 0 saturated carbocycles. The van der Waals surface area contributed by atoms with Gasteiger partial charge in [0, 0.05) is 38.0 Å². The Morgan fingerprint density at radius 2 is 0.709 bits per heavy atom. The number of benzene rings is 8. The van der Waals surface area contributed by atoms with Crippen LogP contribution in [0.3, 0.4) is 0 Å². The highest BCUT2D eigenvalue weighted by molar-refractivity contribution is 6.13. The second-order valence-corrected chi connectivity index (χ2v) is 14.0. The van der Waals surface area contributed by atoms with Gasteiger partial charge in [0.05, 0.1) is 55.6 Å². The average Bonchev–Trinajstić information content (AvgIpc) is 3.88. The number of aromatic nitrogens is 3. The normalized spacial score (nSPS) is 11.6. The number of hydrogen-bond acceptors (Lipinski definition) is 2. The van der Waals surface area contributed by atoms with Crippen LogP contribution >= 0.6 is 0 Å². The van der Waals surface area contributed by atoms with Gasteiger partial charge in [0.1, 0.15) is 12.1 Å². The van der Waals surface area contributed by atoms with Crippen LogP contribution in [0.4, 0.5) is 0 Å². The SMILES string of the molecule is N#Cc1cc(-c2ccc(-n3c4ccccc4c4ccccc43)cc2)ccc1-n1c2ccccc2c2cc(-n3c4ccccc4c4ccccc43)c(C#N)cc21. The molecule has 0 aliphatic rings. The average molecular weight is 700 g/mol. The zero-order valence-corrected chi connectivity index (χ0v) is 29.5. The molecule has 11 rings (SSSR count). The summed E-state index contributed by atoms with van der Waals surface area (Å²) in [5.74, 6) is 0. The number of rotatable bonds is 4. The third kappa shape index (κ3) is 4.45. The van der Waals surface area contributed by atoms with Gasteiger partial charge in [-0.1, -0.05) is 109 Å². The zero-order chi connectivity index (χ0) is 36.6. The smallest absolute Gasteiger partial charge is 0.101 e. The van der Waals surface area contributed by atoms with E-state index < -0.39 is 0 Å². The fraction of sp³-hybridized carbons (Fsp3) is 0. The Labute approximate surface area is 316 Å². The fourth-order valence-electron chi connectivity index (χ4n) is 8.72. The Kier molecular flexibility index (Phi) is 6.61. The Bertz CT molecular complexity index is 3350. The Morgan fingerprint density at radius 3 is 1.20 bits per heavy atom. The summed E-state index contributed by atoms with van der Waals surface area (Å²) in [6.45, 7) is 0. The quantitative estimate of drug-likeness (QED) is 0.184. The molecule has 3 aromatic heterocycles. The van der Waals surface area contributed by atoms with E-state index in [-0.39, 0.29) is 0 Å². The molecule has 0 fully saturated rings. The van der Waals surface area contributed by atoms with Crippen molar-refractivity contribution in [3.63, 3.8) is 0 Å². The van der Waals surface area contributed by atoms with Crippen molar-refractivity contribution in [1.82, 2.24) is 13.7 Å². The summed E-state index contributed by atoms with van der Waals surface area (Å²) in [4.78, 5) is 0. The maximum absolute atomic E-state index is 10.7. The van der Waals surface area contributed by atoms with E-state index in [1.165, 1.54) is 21.8 Å². The molecule has 0 aliphatic heterocycles. The van der Waals surface area contributed by atoms with Crippen molar-refractivity contribution >= 4 is 65.4 Å². The highest BCUT2D eigenvalue weighted by atomic mass is 15.0. The van der Waals surface area contributed by atoms with Crippen molar-refractivity contribution in [3.8, 4) is 40.3 Å². The lowest BCUT2D eigenvalue weighted by Gasteiger charge is -2.14. The standard InChI is InChI=1S/C50H29N5/c51-30-34-27-33(32-21-24-36(25-22-32)53-44-16-6-1-11-37(44)38-12-2-7-17-45(38)53)23-26-43(34)54-48-20-10-5-15-41(48)42-29-49(35(31-52)28-50(42)54)55-46-18-8-3-13-39(46)40-14-4-9-19-47(40)55/h1-29H. The minimum Gasteiger partial charge on any atom is -0.309 e. The molecule has 55 heavy (non-hydrogen) atoms. The van der Waals surface area contributed by atoms with Gasteiger partial charge in [-0.25, -0.2) is 0 Å². The Morgan fingerprint density at radius 1 is 0.309 bits per heavy atom. The lowest BCUT2D eigenvalue weighted by molar-refractivity contribution is 1.15. The van der Waals surface area contributed by atoms with E-state index in [0.29, 0.717) is 11.1 Å². The summed E-state index contributed by atoms with van der Waals surface area (Å²) in [5, 5.41) is 28.1. The van der Waals surface area contributed by atoms with Crippen LogP contribution in [0.5, 0.6) is 0 Å². The first-order valence-electron chi connectivity index (χ1n) is 18.3. The minimum atomic E-state index is 0.552. The molecule has 0 aliphatic carbocycles. The van der Waals surface area contributed by atoms with Gasteiger partial charge in [0.15, 0.2) is 0 Å². The van der Waals surface area contributed by atoms with E-state index in [1.807, 2.05) is 42.5 Å². The van der Waals surface area contributed by atoms with E-state index in [4.69, 9.17) is 0 Å². The number of nitrogens with zero attached hydrogens (tertiary/aromatic N) is 5. The molecule has 5 heteroatoms. The Hall–Kier alpha value is -7.86. The maximum Gasteiger partial charge on any atom is 0.101 e. The summed E-state index contributed by atoms with van der Waals surface area (Å²) in [6, 6.07) is 65.8. The van der Waals surface area contributed by atoms with Gasteiger partial charge in [0.2, 0.25) is 0 Å². The van der Waals surface area contributed by atoms with Gasteiger partial charge in [-0.05, 0) is 77.9 Å². The van der Waals surface area contributed by atoms with Gasteiger partial charge in [-0.2, -0.15) is 10.5 Å². The number of fused-ring (bicyclic) bond motifs is 9. The summed E-state index contributed by atoms with van der Waals surface area (Å²) < 4.78 is 6.65. The molecule has 8 aromatic carbocycles. The van der Waals surface area contributed by atoms with Crippen molar-refractivity contribution in [2.75, 3.05) is 0 Å². The van der Waals surface area contributed by atoms with Gasteiger partial charge in [-0.15, -0.1) is 0 Å². The zero-order valence-electron chi connectivity index (χ0n) is 29.5. The van der Waals surface area contributed by atoms with Crippen LogP contribution in [0.2, 0.25) is 0 Å². The van der Waals surface area contributed by atoms with Crippen molar-refractivity contribution in [2.24, 2.45) is 0 Å². The van der Waals surface area contributed by atoms with Crippen LogP contribution < -0.4 is 0 Å². The van der Waals surface area contributed by atoms with E-state index in [2.05, 4.69) is 159 Å². The second-order valence-electron chi connectivity index (χ2n) is 14.0. The first kappa shape index (κ1) is 30.7. The largest absolute Gasteiger partial charge is 0.309 e. The van der Waals surface area contributed by atoms with Crippen LogP contribution in [-0.2, 0) is 0 Å². The molecule has 5 nitrogen and oxygen atoms in total. The highest BCUT2D eigenvalue weighted by Gasteiger charge is 2.21. The molecule has 0 N–H and O–H groups in total. The van der Waals surface area contributed by atoms with Crippen molar-refractivity contribution in [3.05, 3.63) is 187 Å². The van der Waals surface area contributed by atoms with Gasteiger partial charge in [0.25, 0.3) is 0 Å². The van der Waals surface area contributed by atoms with Gasteiger partial charge >= 0.3 is 0 Å². The summed E-state index contributed by atoms with van der Waals surface area (Å²) in [7, 11) is 0. The van der Waals surface area contributed by atoms with Crippen LogP contribution in [0, 0.1) is 22.7 Å².